The first kappa shape index (κ1) is 10.4. The molecule has 1 aliphatic heterocycles. The van der Waals surface area contributed by atoms with Gasteiger partial charge in [-0.15, -0.1) is 0 Å². The van der Waals surface area contributed by atoms with Crippen LogP contribution in [0.2, 0.25) is 0 Å². The van der Waals surface area contributed by atoms with Crippen LogP contribution < -0.4 is 5.73 Å². The lowest BCUT2D eigenvalue weighted by Gasteiger charge is -2.35. The SMILES string of the molecule is CC1CCN(C2CCCC(CN)C2)C1. The molecule has 2 aliphatic rings. The quantitative estimate of drug-likeness (QED) is 0.730. The predicted molar refractivity (Wildman–Crippen MR) is 60.2 cm³/mol. The molecule has 0 bridgehead atoms. The first-order valence-corrected chi connectivity index (χ1v) is 6.23. The van der Waals surface area contributed by atoms with Crippen LogP contribution >= 0.6 is 0 Å². The summed E-state index contributed by atoms with van der Waals surface area (Å²) in [6.07, 6.45) is 6.96. The van der Waals surface area contributed by atoms with Crippen molar-refractivity contribution in [1.29, 1.82) is 0 Å². The van der Waals surface area contributed by atoms with Crippen molar-refractivity contribution in [2.45, 2.75) is 45.1 Å². The van der Waals surface area contributed by atoms with Crippen LogP contribution in [0.4, 0.5) is 0 Å². The molecule has 1 aliphatic carbocycles. The third-order valence-electron chi connectivity index (χ3n) is 4.06. The van der Waals surface area contributed by atoms with Crippen LogP contribution in [0.25, 0.3) is 0 Å². The second-order valence-corrected chi connectivity index (χ2v) is 5.31. The highest BCUT2D eigenvalue weighted by atomic mass is 15.2. The Morgan fingerprint density at radius 3 is 2.79 bits per heavy atom. The summed E-state index contributed by atoms with van der Waals surface area (Å²) in [7, 11) is 0. The van der Waals surface area contributed by atoms with E-state index in [1.807, 2.05) is 0 Å². The molecule has 0 aromatic carbocycles. The Bertz CT molecular complexity index is 181. The van der Waals surface area contributed by atoms with Gasteiger partial charge in [0.2, 0.25) is 0 Å². The largest absolute Gasteiger partial charge is 0.330 e. The summed E-state index contributed by atoms with van der Waals surface area (Å²) in [4.78, 5) is 2.71. The summed E-state index contributed by atoms with van der Waals surface area (Å²) in [5.74, 6) is 1.73. The van der Waals surface area contributed by atoms with E-state index in [4.69, 9.17) is 5.73 Å². The standard InChI is InChI=1S/C12H24N2/c1-10-5-6-14(9-10)12-4-2-3-11(7-12)8-13/h10-12H,2-9,13H2,1H3. The molecular formula is C12H24N2. The Balaban J connectivity index is 1.84. The number of nitrogens with two attached hydrogens (primary N) is 1. The van der Waals surface area contributed by atoms with Gasteiger partial charge in [0.05, 0.1) is 0 Å². The van der Waals surface area contributed by atoms with Gasteiger partial charge in [-0.05, 0) is 50.6 Å². The van der Waals surface area contributed by atoms with Crippen molar-refractivity contribution in [2.24, 2.45) is 17.6 Å². The molecule has 3 atom stereocenters. The zero-order valence-corrected chi connectivity index (χ0v) is 9.41. The van der Waals surface area contributed by atoms with Gasteiger partial charge in [-0.25, -0.2) is 0 Å². The molecule has 2 fully saturated rings. The number of hydrogen-bond donors (Lipinski definition) is 1. The lowest BCUT2D eigenvalue weighted by Crippen LogP contribution is -2.38. The topological polar surface area (TPSA) is 29.3 Å². The Kier molecular flexibility index (Phi) is 3.45. The van der Waals surface area contributed by atoms with Crippen molar-refractivity contribution in [3.8, 4) is 0 Å². The summed E-state index contributed by atoms with van der Waals surface area (Å²) >= 11 is 0. The third-order valence-corrected chi connectivity index (χ3v) is 4.06. The third kappa shape index (κ3) is 2.29. The van der Waals surface area contributed by atoms with E-state index in [0.29, 0.717) is 0 Å². The van der Waals surface area contributed by atoms with E-state index in [1.165, 1.54) is 45.2 Å². The van der Waals surface area contributed by atoms with Crippen LogP contribution in [0.15, 0.2) is 0 Å². The van der Waals surface area contributed by atoms with E-state index in [2.05, 4.69) is 11.8 Å². The molecule has 2 heteroatoms. The summed E-state index contributed by atoms with van der Waals surface area (Å²) in [6.45, 7) is 5.95. The van der Waals surface area contributed by atoms with Gasteiger partial charge in [-0.2, -0.15) is 0 Å². The summed E-state index contributed by atoms with van der Waals surface area (Å²) in [6, 6.07) is 0.863. The zero-order valence-electron chi connectivity index (χ0n) is 9.41. The minimum atomic E-state index is 0.810. The van der Waals surface area contributed by atoms with Crippen molar-refractivity contribution in [3.63, 3.8) is 0 Å². The van der Waals surface area contributed by atoms with Crippen molar-refractivity contribution < 1.29 is 0 Å². The zero-order chi connectivity index (χ0) is 9.97. The molecule has 0 amide bonds. The van der Waals surface area contributed by atoms with Gasteiger partial charge < -0.3 is 10.6 Å². The summed E-state index contributed by atoms with van der Waals surface area (Å²) < 4.78 is 0. The molecule has 1 saturated carbocycles. The van der Waals surface area contributed by atoms with Crippen LogP contribution in [0.1, 0.15) is 39.0 Å². The van der Waals surface area contributed by atoms with Crippen LogP contribution in [-0.2, 0) is 0 Å². The van der Waals surface area contributed by atoms with E-state index in [-0.39, 0.29) is 0 Å². The Morgan fingerprint density at radius 1 is 1.29 bits per heavy atom. The molecule has 0 spiro atoms. The lowest BCUT2D eigenvalue weighted by atomic mass is 9.85. The summed E-state index contributed by atoms with van der Waals surface area (Å²) in [5.41, 5.74) is 5.77. The summed E-state index contributed by atoms with van der Waals surface area (Å²) in [5, 5.41) is 0. The molecule has 2 nitrogen and oxygen atoms in total. The van der Waals surface area contributed by atoms with Gasteiger partial charge in [-0.1, -0.05) is 13.3 Å². The Labute approximate surface area is 87.8 Å². The van der Waals surface area contributed by atoms with Crippen molar-refractivity contribution in [2.75, 3.05) is 19.6 Å². The van der Waals surface area contributed by atoms with Crippen molar-refractivity contribution in [1.82, 2.24) is 4.90 Å². The highest BCUT2D eigenvalue weighted by Crippen LogP contribution is 2.30. The van der Waals surface area contributed by atoms with Gasteiger partial charge in [0, 0.05) is 12.6 Å². The minimum Gasteiger partial charge on any atom is -0.330 e. The van der Waals surface area contributed by atoms with E-state index in [9.17, 15) is 0 Å². The van der Waals surface area contributed by atoms with Crippen molar-refractivity contribution in [3.05, 3.63) is 0 Å². The van der Waals surface area contributed by atoms with E-state index in [0.717, 1.165) is 24.4 Å². The van der Waals surface area contributed by atoms with E-state index < -0.39 is 0 Å². The molecule has 0 aromatic rings. The number of likely N-dealkylation sites (tertiary alicyclic amines) is 1. The van der Waals surface area contributed by atoms with Gasteiger partial charge in [0.25, 0.3) is 0 Å². The number of nitrogens with zero attached hydrogens (tertiary/aromatic N) is 1. The van der Waals surface area contributed by atoms with Crippen LogP contribution in [0, 0.1) is 11.8 Å². The monoisotopic (exact) mass is 196 g/mol. The molecule has 1 saturated heterocycles. The van der Waals surface area contributed by atoms with Crippen LogP contribution in [0.3, 0.4) is 0 Å². The molecular weight excluding hydrogens is 172 g/mol. The van der Waals surface area contributed by atoms with Gasteiger partial charge >= 0.3 is 0 Å². The highest BCUT2D eigenvalue weighted by Gasteiger charge is 2.29. The molecule has 82 valence electrons. The fourth-order valence-electron chi connectivity index (χ4n) is 3.11. The van der Waals surface area contributed by atoms with E-state index in [1.54, 1.807) is 0 Å². The lowest BCUT2D eigenvalue weighted by molar-refractivity contribution is 0.156. The Morgan fingerprint density at radius 2 is 2.14 bits per heavy atom. The minimum absolute atomic E-state index is 0.810. The fourth-order valence-corrected chi connectivity index (χ4v) is 3.11. The molecule has 1 heterocycles. The molecule has 2 rings (SSSR count). The van der Waals surface area contributed by atoms with Crippen LogP contribution in [-0.4, -0.2) is 30.6 Å². The first-order chi connectivity index (χ1) is 6.79. The maximum atomic E-state index is 5.77. The normalized spacial score (nSPS) is 40.3. The van der Waals surface area contributed by atoms with Crippen molar-refractivity contribution >= 4 is 0 Å². The number of hydrogen-bond acceptors (Lipinski definition) is 2. The molecule has 2 N–H and O–H groups in total. The average molecular weight is 196 g/mol. The highest BCUT2D eigenvalue weighted by molar-refractivity contribution is 4.84. The molecule has 3 unspecified atom stereocenters. The maximum Gasteiger partial charge on any atom is 0.00984 e. The smallest absolute Gasteiger partial charge is 0.00984 e. The second-order valence-electron chi connectivity index (χ2n) is 5.31. The number of rotatable bonds is 2. The van der Waals surface area contributed by atoms with Gasteiger partial charge in [0.1, 0.15) is 0 Å². The molecule has 0 aromatic heterocycles. The van der Waals surface area contributed by atoms with Gasteiger partial charge in [-0.3, -0.25) is 0 Å². The predicted octanol–water partition coefficient (Wildman–Crippen LogP) is 1.85. The van der Waals surface area contributed by atoms with Gasteiger partial charge in [0.15, 0.2) is 0 Å². The van der Waals surface area contributed by atoms with Crippen LogP contribution in [0.5, 0.6) is 0 Å². The average Bonchev–Trinajstić information content (AvgIpc) is 2.65. The fraction of sp³-hybridized carbons (Fsp3) is 1.00. The molecule has 0 radical (unpaired) electrons. The first-order valence-electron chi connectivity index (χ1n) is 6.23. The second kappa shape index (κ2) is 4.63. The molecule has 14 heavy (non-hydrogen) atoms. The Hall–Kier alpha value is -0.0800. The van der Waals surface area contributed by atoms with E-state index >= 15 is 0 Å². The maximum absolute atomic E-state index is 5.77.